The summed E-state index contributed by atoms with van der Waals surface area (Å²) in [5.74, 6) is 0.813. The molecule has 0 bridgehead atoms. The number of amides is 1. The van der Waals surface area contributed by atoms with E-state index in [0.29, 0.717) is 18.1 Å². The van der Waals surface area contributed by atoms with Gasteiger partial charge >= 0.3 is 0 Å². The van der Waals surface area contributed by atoms with Crippen LogP contribution in [0.5, 0.6) is 0 Å². The van der Waals surface area contributed by atoms with Gasteiger partial charge in [0.2, 0.25) is 11.9 Å². The molecule has 1 fully saturated rings. The normalized spacial score (nSPS) is 15.8. The molecule has 4 rings (SSSR count). The Balaban J connectivity index is 1.40. The zero-order valence-electron chi connectivity index (χ0n) is 23.0. The van der Waals surface area contributed by atoms with Gasteiger partial charge in [-0.15, -0.1) is 0 Å². The van der Waals surface area contributed by atoms with Crippen LogP contribution in [-0.4, -0.2) is 56.4 Å². The molecule has 8 heteroatoms. The van der Waals surface area contributed by atoms with Gasteiger partial charge in [0.05, 0.1) is 6.04 Å². The SMILES string of the molecule is CC(C)C(=O)N1CCN(Cc2ccc(C(C)Nc3ncc4ccc(=O)n(CC(C)(C)C)c4n3)cc2)CC1. The first-order valence-corrected chi connectivity index (χ1v) is 13.2. The van der Waals surface area contributed by atoms with Gasteiger partial charge in [0.1, 0.15) is 5.65 Å². The van der Waals surface area contributed by atoms with Crippen molar-refractivity contribution >= 4 is 22.9 Å². The first-order valence-electron chi connectivity index (χ1n) is 13.2. The van der Waals surface area contributed by atoms with Crippen LogP contribution in [0, 0.1) is 11.3 Å². The highest BCUT2D eigenvalue weighted by molar-refractivity contribution is 5.78. The summed E-state index contributed by atoms with van der Waals surface area (Å²) >= 11 is 0. The Labute approximate surface area is 219 Å². The number of anilines is 1. The van der Waals surface area contributed by atoms with E-state index in [9.17, 15) is 9.59 Å². The highest BCUT2D eigenvalue weighted by Gasteiger charge is 2.23. The molecule has 1 aromatic carbocycles. The van der Waals surface area contributed by atoms with E-state index in [2.05, 4.69) is 67.2 Å². The van der Waals surface area contributed by atoms with Crippen LogP contribution in [0.4, 0.5) is 5.95 Å². The van der Waals surface area contributed by atoms with Crippen molar-refractivity contribution in [3.05, 3.63) is 64.1 Å². The second-order valence-corrected chi connectivity index (χ2v) is 11.7. The molecule has 37 heavy (non-hydrogen) atoms. The number of pyridine rings is 1. The van der Waals surface area contributed by atoms with E-state index in [1.165, 1.54) is 5.56 Å². The molecule has 0 saturated carbocycles. The van der Waals surface area contributed by atoms with Crippen LogP contribution in [0.2, 0.25) is 0 Å². The summed E-state index contributed by atoms with van der Waals surface area (Å²) < 4.78 is 1.74. The summed E-state index contributed by atoms with van der Waals surface area (Å²) in [6.07, 6.45) is 1.77. The maximum atomic E-state index is 12.6. The molecule has 0 spiro atoms. The van der Waals surface area contributed by atoms with E-state index in [1.807, 2.05) is 18.7 Å². The highest BCUT2D eigenvalue weighted by atomic mass is 16.2. The molecule has 1 amide bonds. The number of rotatable bonds is 7. The Bertz CT molecular complexity index is 1280. The number of hydrogen-bond donors (Lipinski definition) is 1. The zero-order valence-corrected chi connectivity index (χ0v) is 23.0. The van der Waals surface area contributed by atoms with E-state index in [1.54, 1.807) is 22.9 Å². The second-order valence-electron chi connectivity index (χ2n) is 11.7. The Morgan fingerprint density at radius 3 is 2.30 bits per heavy atom. The molecule has 0 radical (unpaired) electrons. The molecule has 198 valence electrons. The Hall–Kier alpha value is -3.26. The smallest absolute Gasteiger partial charge is 0.252 e. The van der Waals surface area contributed by atoms with Crippen LogP contribution >= 0.6 is 0 Å². The van der Waals surface area contributed by atoms with Crippen LogP contribution in [0.1, 0.15) is 58.7 Å². The van der Waals surface area contributed by atoms with Gasteiger partial charge in [0.25, 0.3) is 5.56 Å². The first-order chi connectivity index (χ1) is 17.5. The quantitative estimate of drug-likeness (QED) is 0.516. The molecule has 1 aliphatic rings. The van der Waals surface area contributed by atoms with E-state index < -0.39 is 0 Å². The van der Waals surface area contributed by atoms with E-state index in [-0.39, 0.29) is 28.8 Å². The van der Waals surface area contributed by atoms with Gasteiger partial charge in [-0.1, -0.05) is 58.9 Å². The van der Waals surface area contributed by atoms with Crippen molar-refractivity contribution in [1.82, 2.24) is 24.3 Å². The van der Waals surface area contributed by atoms with Crippen molar-refractivity contribution in [2.75, 3.05) is 31.5 Å². The van der Waals surface area contributed by atoms with Crippen molar-refractivity contribution in [2.24, 2.45) is 11.3 Å². The summed E-state index contributed by atoms with van der Waals surface area (Å²) in [5.41, 5.74) is 2.94. The number of carbonyl (C=O) groups is 1. The van der Waals surface area contributed by atoms with Crippen LogP contribution in [0.15, 0.2) is 47.4 Å². The Morgan fingerprint density at radius 1 is 1.00 bits per heavy atom. The molecule has 1 aliphatic heterocycles. The molecule has 8 nitrogen and oxygen atoms in total. The first kappa shape index (κ1) is 26.8. The minimum absolute atomic E-state index is 0.00333. The average molecular weight is 505 g/mol. The van der Waals surface area contributed by atoms with Crippen molar-refractivity contribution in [2.45, 2.75) is 60.7 Å². The lowest BCUT2D eigenvalue weighted by molar-refractivity contribution is -0.136. The molecule has 1 N–H and O–H groups in total. The zero-order chi connectivity index (χ0) is 26.7. The lowest BCUT2D eigenvalue weighted by Crippen LogP contribution is -2.49. The molecule has 0 aliphatic carbocycles. The lowest BCUT2D eigenvalue weighted by Gasteiger charge is -2.35. The average Bonchev–Trinajstić information content (AvgIpc) is 2.85. The maximum absolute atomic E-state index is 12.6. The fourth-order valence-corrected chi connectivity index (χ4v) is 4.71. The van der Waals surface area contributed by atoms with Crippen LogP contribution in [0.25, 0.3) is 11.0 Å². The molecule has 2 aromatic heterocycles. The molecule has 1 saturated heterocycles. The molecule has 1 unspecified atom stereocenters. The summed E-state index contributed by atoms with van der Waals surface area (Å²) in [5, 5.41) is 4.25. The van der Waals surface area contributed by atoms with Crippen molar-refractivity contribution < 1.29 is 4.79 Å². The lowest BCUT2D eigenvalue weighted by atomic mass is 9.97. The minimum atomic E-state index is -0.0522. The predicted octanol–water partition coefficient (Wildman–Crippen LogP) is 4.31. The number of aromatic nitrogens is 3. The van der Waals surface area contributed by atoms with Gasteiger partial charge in [-0.25, -0.2) is 4.98 Å². The highest BCUT2D eigenvalue weighted by Crippen LogP contribution is 2.22. The van der Waals surface area contributed by atoms with Crippen LogP contribution in [0.3, 0.4) is 0 Å². The Kier molecular flexibility index (Phi) is 7.97. The number of piperazine rings is 1. The fraction of sp³-hybridized carbons (Fsp3) is 0.517. The van der Waals surface area contributed by atoms with E-state index in [4.69, 9.17) is 4.98 Å². The van der Waals surface area contributed by atoms with Gasteiger partial charge in [-0.2, -0.15) is 4.98 Å². The number of fused-ring (bicyclic) bond motifs is 1. The number of nitrogens with one attached hydrogen (secondary N) is 1. The molecular weight excluding hydrogens is 464 g/mol. The fourth-order valence-electron chi connectivity index (χ4n) is 4.71. The monoisotopic (exact) mass is 504 g/mol. The van der Waals surface area contributed by atoms with Gasteiger partial charge < -0.3 is 10.2 Å². The van der Waals surface area contributed by atoms with Crippen LogP contribution in [-0.2, 0) is 17.9 Å². The number of carbonyl (C=O) groups excluding carboxylic acids is 1. The second kappa shape index (κ2) is 11.0. The third-order valence-corrected chi connectivity index (χ3v) is 6.76. The van der Waals surface area contributed by atoms with Gasteiger partial charge in [0, 0.05) is 62.8 Å². The molecule has 3 heterocycles. The van der Waals surface area contributed by atoms with Crippen molar-refractivity contribution in [1.29, 1.82) is 0 Å². The number of benzene rings is 1. The molecule has 3 aromatic rings. The van der Waals surface area contributed by atoms with Crippen molar-refractivity contribution in [3.8, 4) is 0 Å². The topological polar surface area (TPSA) is 83.4 Å². The maximum Gasteiger partial charge on any atom is 0.252 e. The molecule has 1 atom stereocenters. The standard InChI is InChI=1S/C29H40N6O2/c1-20(2)27(37)34-15-13-33(14-16-34)18-22-7-9-23(10-8-22)21(3)31-28-30-17-24-11-12-25(36)35(26(24)32-28)19-29(4,5)6/h7-12,17,20-21H,13-16,18-19H2,1-6H3,(H,30,31,32). The van der Waals surface area contributed by atoms with Gasteiger partial charge in [-0.3, -0.25) is 19.1 Å². The van der Waals surface area contributed by atoms with Gasteiger partial charge in [0.15, 0.2) is 0 Å². The summed E-state index contributed by atoms with van der Waals surface area (Å²) in [4.78, 5) is 38.4. The summed E-state index contributed by atoms with van der Waals surface area (Å²) in [6, 6.07) is 12.0. The van der Waals surface area contributed by atoms with E-state index >= 15 is 0 Å². The third kappa shape index (κ3) is 6.74. The number of hydrogen-bond acceptors (Lipinski definition) is 6. The number of nitrogens with zero attached hydrogens (tertiary/aromatic N) is 5. The molecular formula is C29H40N6O2. The largest absolute Gasteiger partial charge is 0.348 e. The van der Waals surface area contributed by atoms with Crippen LogP contribution < -0.4 is 10.9 Å². The van der Waals surface area contributed by atoms with Crippen molar-refractivity contribution in [3.63, 3.8) is 0 Å². The third-order valence-electron chi connectivity index (χ3n) is 6.76. The summed E-state index contributed by atoms with van der Waals surface area (Å²) in [6.45, 7) is 17.2. The van der Waals surface area contributed by atoms with Gasteiger partial charge in [-0.05, 0) is 29.5 Å². The summed E-state index contributed by atoms with van der Waals surface area (Å²) in [7, 11) is 0. The minimum Gasteiger partial charge on any atom is -0.348 e. The Morgan fingerprint density at radius 2 is 1.68 bits per heavy atom. The van der Waals surface area contributed by atoms with E-state index in [0.717, 1.165) is 43.7 Å². The predicted molar refractivity (Wildman–Crippen MR) is 148 cm³/mol.